The summed E-state index contributed by atoms with van der Waals surface area (Å²) in [5.74, 6) is -0.279. The summed E-state index contributed by atoms with van der Waals surface area (Å²) in [6, 6.07) is -0.384. The second-order valence-electron chi connectivity index (χ2n) is 4.77. The van der Waals surface area contributed by atoms with Crippen LogP contribution in [0.25, 0.3) is 0 Å². The van der Waals surface area contributed by atoms with Gasteiger partial charge in [0.25, 0.3) is 0 Å². The number of hydrogen-bond acceptors (Lipinski definition) is 5. The Kier molecular flexibility index (Phi) is 5.01. The second-order valence-corrected chi connectivity index (χ2v) is 5.15. The average molecular weight is 302 g/mol. The van der Waals surface area contributed by atoms with E-state index in [4.69, 9.17) is 21.1 Å². The summed E-state index contributed by atoms with van der Waals surface area (Å²) in [4.78, 5) is 13.8. The molecule has 1 unspecified atom stereocenters. The molecule has 1 saturated heterocycles. The molecule has 112 valence electrons. The van der Waals surface area contributed by atoms with Gasteiger partial charge in [0, 0.05) is 20.1 Å². The molecule has 6 nitrogen and oxygen atoms in total. The van der Waals surface area contributed by atoms with Crippen molar-refractivity contribution in [2.24, 2.45) is 7.05 Å². The third kappa shape index (κ3) is 2.97. The summed E-state index contributed by atoms with van der Waals surface area (Å²) in [6.07, 6.45) is 0.788. The first-order valence-corrected chi connectivity index (χ1v) is 7.06. The van der Waals surface area contributed by atoms with Gasteiger partial charge in [-0.1, -0.05) is 18.5 Å². The number of aromatic nitrogens is 2. The number of ether oxygens (including phenoxy) is 2. The van der Waals surface area contributed by atoms with Crippen LogP contribution in [0, 0.1) is 0 Å². The van der Waals surface area contributed by atoms with Gasteiger partial charge in [0.05, 0.1) is 36.7 Å². The molecule has 0 bridgehead atoms. The first-order valence-electron chi connectivity index (χ1n) is 6.68. The number of hydrogen-bond donors (Lipinski definition) is 0. The summed E-state index contributed by atoms with van der Waals surface area (Å²) in [5, 5.41) is 5.08. The van der Waals surface area contributed by atoms with E-state index in [0.717, 1.165) is 17.8 Å². The minimum absolute atomic E-state index is 0.279. The van der Waals surface area contributed by atoms with Crippen LogP contribution in [0.2, 0.25) is 5.02 Å². The molecule has 1 aromatic heterocycles. The highest BCUT2D eigenvalue weighted by Gasteiger charge is 2.31. The molecular weight excluding hydrogens is 282 g/mol. The van der Waals surface area contributed by atoms with Gasteiger partial charge >= 0.3 is 5.97 Å². The highest BCUT2D eigenvalue weighted by molar-refractivity contribution is 6.31. The van der Waals surface area contributed by atoms with E-state index >= 15 is 0 Å². The maximum Gasteiger partial charge on any atom is 0.325 e. The van der Waals surface area contributed by atoms with Crippen LogP contribution in [0.15, 0.2) is 0 Å². The third-order valence-electron chi connectivity index (χ3n) is 3.57. The van der Waals surface area contributed by atoms with Gasteiger partial charge in [-0.2, -0.15) is 5.10 Å². The van der Waals surface area contributed by atoms with Crippen LogP contribution in [-0.4, -0.2) is 53.6 Å². The number of rotatable bonds is 4. The van der Waals surface area contributed by atoms with Crippen molar-refractivity contribution in [3.05, 3.63) is 16.4 Å². The standard InChI is InChI=1S/C13H20ClN3O3/c1-4-9-12(14)10(16(2)15-9)7-17-5-6-20-8-11(17)13(18)19-3/h11H,4-8H2,1-3H3. The summed E-state index contributed by atoms with van der Waals surface area (Å²) in [5.41, 5.74) is 1.80. The van der Waals surface area contributed by atoms with Crippen LogP contribution in [0.1, 0.15) is 18.3 Å². The third-order valence-corrected chi connectivity index (χ3v) is 4.00. The fourth-order valence-electron chi connectivity index (χ4n) is 2.36. The largest absolute Gasteiger partial charge is 0.468 e. The smallest absolute Gasteiger partial charge is 0.325 e. The van der Waals surface area contributed by atoms with Gasteiger partial charge in [-0.3, -0.25) is 14.4 Å². The van der Waals surface area contributed by atoms with E-state index in [1.807, 2.05) is 18.9 Å². The maximum atomic E-state index is 11.8. The molecule has 0 N–H and O–H groups in total. The van der Waals surface area contributed by atoms with E-state index < -0.39 is 0 Å². The Morgan fingerprint density at radius 1 is 1.60 bits per heavy atom. The van der Waals surface area contributed by atoms with Gasteiger partial charge in [-0.05, 0) is 6.42 Å². The number of aryl methyl sites for hydroxylation is 2. The fraction of sp³-hybridized carbons (Fsp3) is 0.692. The zero-order chi connectivity index (χ0) is 14.7. The Balaban J connectivity index is 2.18. The Bertz CT molecular complexity index is 489. The monoisotopic (exact) mass is 301 g/mol. The minimum atomic E-state index is -0.384. The highest BCUT2D eigenvalue weighted by Crippen LogP contribution is 2.23. The van der Waals surface area contributed by atoms with Crippen LogP contribution in [0.5, 0.6) is 0 Å². The molecule has 0 saturated carbocycles. The summed E-state index contributed by atoms with van der Waals surface area (Å²) in [7, 11) is 3.26. The number of carbonyl (C=O) groups is 1. The van der Waals surface area contributed by atoms with Crippen LogP contribution in [0.4, 0.5) is 0 Å². The van der Waals surface area contributed by atoms with Gasteiger partial charge in [0.2, 0.25) is 0 Å². The topological polar surface area (TPSA) is 56.6 Å². The van der Waals surface area contributed by atoms with Crippen molar-refractivity contribution in [3.63, 3.8) is 0 Å². The molecule has 2 rings (SSSR count). The molecular formula is C13H20ClN3O3. The highest BCUT2D eigenvalue weighted by atomic mass is 35.5. The van der Waals surface area contributed by atoms with Crippen LogP contribution in [-0.2, 0) is 34.3 Å². The molecule has 0 amide bonds. The average Bonchev–Trinajstić information content (AvgIpc) is 2.74. The van der Waals surface area contributed by atoms with Gasteiger partial charge in [0.15, 0.2) is 0 Å². The van der Waals surface area contributed by atoms with Crippen molar-refractivity contribution in [2.75, 3.05) is 26.9 Å². The quantitative estimate of drug-likeness (QED) is 0.777. The zero-order valence-electron chi connectivity index (χ0n) is 12.1. The van der Waals surface area contributed by atoms with Crippen LogP contribution < -0.4 is 0 Å². The fourth-order valence-corrected chi connectivity index (χ4v) is 2.72. The molecule has 0 spiro atoms. The normalized spacial score (nSPS) is 20.1. The van der Waals surface area contributed by atoms with E-state index in [9.17, 15) is 4.79 Å². The van der Waals surface area contributed by atoms with E-state index in [1.165, 1.54) is 7.11 Å². The van der Waals surface area contributed by atoms with Crippen molar-refractivity contribution in [2.45, 2.75) is 25.9 Å². The number of nitrogens with zero attached hydrogens (tertiary/aromatic N) is 3. The van der Waals surface area contributed by atoms with Gasteiger partial charge < -0.3 is 9.47 Å². The van der Waals surface area contributed by atoms with Crippen molar-refractivity contribution in [1.29, 1.82) is 0 Å². The Hall–Kier alpha value is -1.11. The van der Waals surface area contributed by atoms with Gasteiger partial charge in [0.1, 0.15) is 6.04 Å². The van der Waals surface area contributed by atoms with Gasteiger partial charge in [-0.15, -0.1) is 0 Å². The summed E-state index contributed by atoms with van der Waals surface area (Å²) >= 11 is 6.35. The van der Waals surface area contributed by atoms with Crippen LogP contribution in [0.3, 0.4) is 0 Å². The van der Waals surface area contributed by atoms with Crippen molar-refractivity contribution >= 4 is 17.6 Å². The molecule has 0 radical (unpaired) electrons. The number of halogens is 1. The predicted molar refractivity (Wildman–Crippen MR) is 74.6 cm³/mol. The number of methoxy groups -OCH3 is 1. The molecule has 1 aliphatic rings. The van der Waals surface area contributed by atoms with Gasteiger partial charge in [-0.25, -0.2) is 0 Å². The number of carbonyl (C=O) groups excluding carboxylic acids is 1. The lowest BCUT2D eigenvalue weighted by atomic mass is 10.2. The second kappa shape index (κ2) is 6.56. The molecule has 1 aliphatic heterocycles. The lowest BCUT2D eigenvalue weighted by Crippen LogP contribution is -2.50. The molecule has 2 heterocycles. The summed E-state index contributed by atoms with van der Waals surface area (Å²) < 4.78 is 12.0. The predicted octanol–water partition coefficient (Wildman–Crippen LogP) is 1.01. The summed E-state index contributed by atoms with van der Waals surface area (Å²) in [6.45, 7) is 4.20. The zero-order valence-corrected chi connectivity index (χ0v) is 12.8. The van der Waals surface area contributed by atoms with Crippen LogP contribution >= 0.6 is 11.6 Å². The van der Waals surface area contributed by atoms with Crippen molar-refractivity contribution in [3.8, 4) is 0 Å². The number of esters is 1. The first kappa shape index (κ1) is 15.3. The van der Waals surface area contributed by atoms with E-state index in [-0.39, 0.29) is 12.0 Å². The van der Waals surface area contributed by atoms with E-state index in [1.54, 1.807) is 4.68 Å². The maximum absolute atomic E-state index is 11.8. The molecule has 0 aliphatic carbocycles. The van der Waals surface area contributed by atoms with Crippen molar-refractivity contribution in [1.82, 2.24) is 14.7 Å². The Labute approximate surface area is 123 Å². The van der Waals surface area contributed by atoms with Crippen molar-refractivity contribution < 1.29 is 14.3 Å². The molecule has 7 heteroatoms. The Morgan fingerprint density at radius 3 is 2.95 bits per heavy atom. The van der Waals surface area contributed by atoms with E-state index in [0.29, 0.717) is 31.3 Å². The SMILES string of the molecule is CCc1nn(C)c(CN2CCOCC2C(=O)OC)c1Cl. The molecule has 0 aromatic carbocycles. The molecule has 1 aromatic rings. The lowest BCUT2D eigenvalue weighted by molar-refractivity contribution is -0.153. The molecule has 1 fully saturated rings. The first-order chi connectivity index (χ1) is 9.58. The molecule has 20 heavy (non-hydrogen) atoms. The lowest BCUT2D eigenvalue weighted by Gasteiger charge is -2.33. The van der Waals surface area contributed by atoms with E-state index in [2.05, 4.69) is 5.10 Å². The minimum Gasteiger partial charge on any atom is -0.468 e. The molecule has 1 atom stereocenters. The Morgan fingerprint density at radius 2 is 2.35 bits per heavy atom. The number of morpholine rings is 1.